The van der Waals surface area contributed by atoms with Crippen LogP contribution in [-0.2, 0) is 4.79 Å². The first-order chi connectivity index (χ1) is 18.3. The van der Waals surface area contributed by atoms with Crippen molar-refractivity contribution in [3.63, 3.8) is 0 Å². The molecule has 4 N–H and O–H groups in total. The van der Waals surface area contributed by atoms with E-state index in [9.17, 15) is 4.79 Å². The molecule has 210 valence electrons. The molecule has 0 aromatic rings. The monoisotopic (exact) mass is 513 g/mol. The number of nitrogens with one attached hydrogen (secondary N) is 2. The fraction of sp³-hybridized carbons (Fsp3) is 0.645. The van der Waals surface area contributed by atoms with Gasteiger partial charge in [0.25, 0.3) is 0 Å². The standard InChI is InChI=1S/C31H55N5O/c1-2-3-4-5-6-7-8-9-10-11-12-13-14-15-16-17-18-20-31(37)34-24-30-35(27-21-32)25-19-26-36-28-22-33-23-29-36/h3-4,6-7,9-10,12-13,15-16,33H,2,5,8,11,14,17-30,32H2,1H3,(H,34,37). The van der Waals surface area contributed by atoms with E-state index in [0.717, 1.165) is 104 Å². The summed E-state index contributed by atoms with van der Waals surface area (Å²) in [6, 6.07) is 0. The molecule has 0 aromatic heterocycles. The van der Waals surface area contributed by atoms with Gasteiger partial charge in [0.2, 0.25) is 5.91 Å². The molecule has 1 fully saturated rings. The van der Waals surface area contributed by atoms with Crippen LogP contribution >= 0.6 is 0 Å². The van der Waals surface area contributed by atoms with Gasteiger partial charge in [-0.3, -0.25) is 4.79 Å². The van der Waals surface area contributed by atoms with Crippen LogP contribution in [0, 0.1) is 0 Å². The molecule has 1 rings (SSSR count). The molecule has 1 saturated heterocycles. The van der Waals surface area contributed by atoms with Crippen LogP contribution in [-0.4, -0.2) is 81.2 Å². The predicted molar refractivity (Wildman–Crippen MR) is 161 cm³/mol. The largest absolute Gasteiger partial charge is 0.355 e. The average Bonchev–Trinajstić information content (AvgIpc) is 2.91. The van der Waals surface area contributed by atoms with Crippen molar-refractivity contribution in [3.05, 3.63) is 60.8 Å². The molecule has 0 spiro atoms. The van der Waals surface area contributed by atoms with Crippen molar-refractivity contribution in [2.24, 2.45) is 5.73 Å². The van der Waals surface area contributed by atoms with Crippen molar-refractivity contribution in [1.82, 2.24) is 20.4 Å². The van der Waals surface area contributed by atoms with Crippen LogP contribution in [0.15, 0.2) is 60.8 Å². The zero-order valence-corrected chi connectivity index (χ0v) is 23.6. The number of unbranched alkanes of at least 4 members (excludes halogenated alkanes) is 1. The van der Waals surface area contributed by atoms with Gasteiger partial charge in [0.15, 0.2) is 0 Å². The lowest BCUT2D eigenvalue weighted by Crippen LogP contribution is -2.44. The van der Waals surface area contributed by atoms with Crippen molar-refractivity contribution < 1.29 is 4.79 Å². The van der Waals surface area contributed by atoms with E-state index in [-0.39, 0.29) is 5.91 Å². The number of rotatable bonds is 22. The van der Waals surface area contributed by atoms with Gasteiger partial charge in [-0.15, -0.1) is 0 Å². The molecule has 37 heavy (non-hydrogen) atoms. The Morgan fingerprint density at radius 3 is 2.03 bits per heavy atom. The molecule has 1 aliphatic heterocycles. The second kappa shape index (κ2) is 25.7. The van der Waals surface area contributed by atoms with Gasteiger partial charge in [0.05, 0.1) is 0 Å². The summed E-state index contributed by atoms with van der Waals surface area (Å²) in [6.45, 7) is 12.0. The Labute approximate surface area is 227 Å². The highest BCUT2D eigenvalue weighted by atomic mass is 16.1. The number of amides is 1. The molecule has 0 aromatic carbocycles. The maximum atomic E-state index is 12.1. The zero-order valence-electron chi connectivity index (χ0n) is 23.6. The lowest BCUT2D eigenvalue weighted by molar-refractivity contribution is -0.121. The van der Waals surface area contributed by atoms with E-state index in [1.165, 1.54) is 0 Å². The summed E-state index contributed by atoms with van der Waals surface area (Å²) in [5, 5.41) is 6.47. The molecule has 6 nitrogen and oxygen atoms in total. The van der Waals surface area contributed by atoms with Crippen LogP contribution in [0.3, 0.4) is 0 Å². The van der Waals surface area contributed by atoms with Gasteiger partial charge >= 0.3 is 0 Å². The Morgan fingerprint density at radius 1 is 0.838 bits per heavy atom. The second-order valence-electron chi connectivity index (χ2n) is 9.53. The van der Waals surface area contributed by atoms with E-state index < -0.39 is 0 Å². The summed E-state index contributed by atoms with van der Waals surface area (Å²) in [6.07, 6.45) is 30.7. The number of nitrogens with zero attached hydrogens (tertiary/aromatic N) is 2. The number of nitrogens with two attached hydrogens (primary N) is 1. The predicted octanol–water partition coefficient (Wildman–Crippen LogP) is 4.58. The van der Waals surface area contributed by atoms with Crippen LogP contribution < -0.4 is 16.4 Å². The van der Waals surface area contributed by atoms with Gasteiger partial charge in [0.1, 0.15) is 0 Å². The molecule has 0 saturated carbocycles. The van der Waals surface area contributed by atoms with Crippen LogP contribution in [0.4, 0.5) is 0 Å². The van der Waals surface area contributed by atoms with Crippen molar-refractivity contribution >= 4 is 5.91 Å². The molecule has 1 amide bonds. The Bertz CT molecular complexity index is 677. The van der Waals surface area contributed by atoms with Gasteiger partial charge < -0.3 is 26.2 Å². The third kappa shape index (κ3) is 21.8. The highest BCUT2D eigenvalue weighted by molar-refractivity contribution is 5.75. The van der Waals surface area contributed by atoms with Gasteiger partial charge in [-0.25, -0.2) is 0 Å². The molecule has 0 radical (unpaired) electrons. The zero-order chi connectivity index (χ0) is 26.7. The van der Waals surface area contributed by atoms with Crippen LogP contribution in [0.2, 0.25) is 0 Å². The van der Waals surface area contributed by atoms with Gasteiger partial charge in [0, 0.05) is 58.8 Å². The van der Waals surface area contributed by atoms with E-state index >= 15 is 0 Å². The summed E-state index contributed by atoms with van der Waals surface area (Å²) >= 11 is 0. The van der Waals surface area contributed by atoms with E-state index in [0.29, 0.717) is 19.5 Å². The topological polar surface area (TPSA) is 73.6 Å². The van der Waals surface area contributed by atoms with E-state index in [1.54, 1.807) is 0 Å². The quantitative estimate of drug-likeness (QED) is 0.146. The lowest BCUT2D eigenvalue weighted by Gasteiger charge is -2.28. The number of hydrogen-bond acceptors (Lipinski definition) is 5. The van der Waals surface area contributed by atoms with Crippen molar-refractivity contribution in [2.75, 3.05) is 65.4 Å². The number of hydrogen-bond donors (Lipinski definition) is 3. The number of allylic oxidation sites excluding steroid dienone is 10. The third-order valence-corrected chi connectivity index (χ3v) is 6.29. The number of piperazine rings is 1. The fourth-order valence-corrected chi connectivity index (χ4v) is 4.16. The second-order valence-corrected chi connectivity index (χ2v) is 9.53. The highest BCUT2D eigenvalue weighted by Gasteiger charge is 2.10. The molecule has 0 bridgehead atoms. The van der Waals surface area contributed by atoms with Crippen LogP contribution in [0.5, 0.6) is 0 Å². The van der Waals surface area contributed by atoms with E-state index in [2.05, 4.69) is 88.1 Å². The van der Waals surface area contributed by atoms with Crippen molar-refractivity contribution in [2.45, 2.75) is 64.7 Å². The molecule has 1 heterocycles. The molecule has 1 aliphatic rings. The minimum atomic E-state index is 0.154. The van der Waals surface area contributed by atoms with Crippen molar-refractivity contribution in [3.8, 4) is 0 Å². The molecule has 0 unspecified atom stereocenters. The van der Waals surface area contributed by atoms with E-state index in [4.69, 9.17) is 5.73 Å². The molecule has 0 aliphatic carbocycles. The lowest BCUT2D eigenvalue weighted by atomic mass is 10.2. The van der Waals surface area contributed by atoms with Gasteiger partial charge in [-0.05, 0) is 64.5 Å². The summed E-state index contributed by atoms with van der Waals surface area (Å²) in [4.78, 5) is 17.0. The minimum absolute atomic E-state index is 0.154. The normalized spacial score (nSPS) is 15.5. The van der Waals surface area contributed by atoms with Crippen LogP contribution in [0.1, 0.15) is 64.7 Å². The third-order valence-electron chi connectivity index (χ3n) is 6.29. The maximum Gasteiger partial charge on any atom is 0.220 e. The minimum Gasteiger partial charge on any atom is -0.355 e. The smallest absolute Gasteiger partial charge is 0.220 e. The first-order valence-electron chi connectivity index (χ1n) is 14.6. The summed E-state index contributed by atoms with van der Waals surface area (Å²) in [5.41, 5.74) is 5.79. The van der Waals surface area contributed by atoms with Gasteiger partial charge in [-0.1, -0.05) is 67.7 Å². The highest BCUT2D eigenvalue weighted by Crippen LogP contribution is 2.00. The summed E-state index contributed by atoms with van der Waals surface area (Å²) < 4.78 is 0. The first kappa shape index (κ1) is 33.0. The summed E-state index contributed by atoms with van der Waals surface area (Å²) in [5.74, 6) is 0.154. The molecular weight excluding hydrogens is 458 g/mol. The summed E-state index contributed by atoms with van der Waals surface area (Å²) in [7, 11) is 0. The maximum absolute atomic E-state index is 12.1. The van der Waals surface area contributed by atoms with Crippen molar-refractivity contribution in [1.29, 1.82) is 0 Å². The van der Waals surface area contributed by atoms with E-state index in [1.807, 2.05) is 0 Å². The Kier molecular flexibility index (Phi) is 22.9. The Hall–Kier alpha value is -1.99. The average molecular weight is 514 g/mol. The first-order valence-corrected chi connectivity index (χ1v) is 14.6. The fourth-order valence-electron chi connectivity index (χ4n) is 4.16. The SMILES string of the molecule is CCC=CCC=CCC=CCC=CCC=CCCCC(=O)NCCN(CCN)CCCN1CCNCC1. The Balaban J connectivity index is 1.99. The number of carbonyl (C=O) groups excluding carboxylic acids is 1. The molecular formula is C31H55N5O. The Morgan fingerprint density at radius 2 is 1.43 bits per heavy atom. The molecule has 0 atom stereocenters. The van der Waals surface area contributed by atoms with Crippen LogP contribution in [0.25, 0.3) is 0 Å². The van der Waals surface area contributed by atoms with Gasteiger partial charge in [-0.2, -0.15) is 0 Å². The number of carbonyl (C=O) groups is 1. The molecule has 6 heteroatoms.